The van der Waals surface area contributed by atoms with Crippen molar-refractivity contribution in [3.05, 3.63) is 48.6 Å². The summed E-state index contributed by atoms with van der Waals surface area (Å²) in [7, 11) is 1.44. The van der Waals surface area contributed by atoms with Crippen molar-refractivity contribution in [1.82, 2.24) is 0 Å². The SMILES string of the molecule is CCCCCCCCC/C=C\C/C=C\C/C=C\C/C=C\CCCC(=O)OC. The van der Waals surface area contributed by atoms with Crippen molar-refractivity contribution >= 4 is 5.97 Å². The molecule has 0 aromatic heterocycles. The molecule has 0 unspecified atom stereocenters. The van der Waals surface area contributed by atoms with Crippen molar-refractivity contribution in [3.8, 4) is 0 Å². The molecule has 2 heteroatoms. The first-order valence-electron chi connectivity index (χ1n) is 11.0. The zero-order valence-electron chi connectivity index (χ0n) is 17.8. The van der Waals surface area contributed by atoms with E-state index in [0.29, 0.717) is 6.42 Å². The Morgan fingerprint density at radius 3 is 1.59 bits per heavy atom. The van der Waals surface area contributed by atoms with Crippen LogP contribution in [-0.2, 0) is 9.53 Å². The lowest BCUT2D eigenvalue weighted by Crippen LogP contribution is -1.98. The first kappa shape index (κ1) is 25.4. The lowest BCUT2D eigenvalue weighted by atomic mass is 10.1. The minimum Gasteiger partial charge on any atom is -0.469 e. The summed E-state index contributed by atoms with van der Waals surface area (Å²) in [5, 5.41) is 0. The molecule has 154 valence electrons. The van der Waals surface area contributed by atoms with E-state index in [9.17, 15) is 4.79 Å². The maximum Gasteiger partial charge on any atom is 0.305 e. The van der Waals surface area contributed by atoms with E-state index in [0.717, 1.165) is 32.1 Å². The summed E-state index contributed by atoms with van der Waals surface area (Å²) >= 11 is 0. The molecule has 0 aromatic rings. The van der Waals surface area contributed by atoms with Crippen LogP contribution >= 0.6 is 0 Å². The first-order valence-corrected chi connectivity index (χ1v) is 11.0. The van der Waals surface area contributed by atoms with Crippen molar-refractivity contribution in [3.63, 3.8) is 0 Å². The van der Waals surface area contributed by atoms with Gasteiger partial charge in [-0.05, 0) is 44.9 Å². The maximum absolute atomic E-state index is 10.9. The number of unbranched alkanes of at least 4 members (excludes halogenated alkanes) is 8. The topological polar surface area (TPSA) is 26.3 Å². The standard InChI is InChI=1S/C25H42O2/c1-3-4-5-6-7-8-9-10-11-12-13-14-15-16-17-18-19-20-21-22-23-24-25(26)27-2/h11-12,14-15,17-18,20-21H,3-10,13,16,19,22-24H2,1-2H3/b12-11-,15-14-,18-17-,21-20-. The number of carbonyl (C=O) groups excluding carboxylic acids is 1. The Balaban J connectivity index is 3.38. The van der Waals surface area contributed by atoms with Crippen LogP contribution in [0, 0.1) is 0 Å². The van der Waals surface area contributed by atoms with Crippen molar-refractivity contribution in [1.29, 1.82) is 0 Å². The lowest BCUT2D eigenvalue weighted by molar-refractivity contribution is -0.140. The van der Waals surface area contributed by atoms with E-state index in [-0.39, 0.29) is 5.97 Å². The Labute approximate surface area is 168 Å². The van der Waals surface area contributed by atoms with Crippen LogP contribution in [0.4, 0.5) is 0 Å². The number of hydrogen-bond acceptors (Lipinski definition) is 2. The molecule has 0 N–H and O–H groups in total. The van der Waals surface area contributed by atoms with E-state index in [1.165, 1.54) is 58.5 Å². The van der Waals surface area contributed by atoms with Crippen molar-refractivity contribution in [2.75, 3.05) is 7.11 Å². The summed E-state index contributed by atoms with van der Waals surface area (Å²) in [6.45, 7) is 2.27. The second-order valence-electron chi connectivity index (χ2n) is 6.97. The van der Waals surface area contributed by atoms with Gasteiger partial charge in [0.25, 0.3) is 0 Å². The van der Waals surface area contributed by atoms with Gasteiger partial charge in [0.1, 0.15) is 0 Å². The normalized spacial score (nSPS) is 12.2. The van der Waals surface area contributed by atoms with Crippen LogP contribution in [-0.4, -0.2) is 13.1 Å². The van der Waals surface area contributed by atoms with Gasteiger partial charge in [-0.2, -0.15) is 0 Å². The molecule has 0 amide bonds. The van der Waals surface area contributed by atoms with Gasteiger partial charge in [0.05, 0.1) is 7.11 Å². The molecule has 0 aliphatic heterocycles. The molecular weight excluding hydrogens is 332 g/mol. The third-order valence-corrected chi connectivity index (χ3v) is 4.44. The van der Waals surface area contributed by atoms with Gasteiger partial charge in [-0.1, -0.05) is 94.1 Å². The molecule has 0 aliphatic carbocycles. The minimum absolute atomic E-state index is 0.122. The van der Waals surface area contributed by atoms with Gasteiger partial charge in [0, 0.05) is 6.42 Å². The Morgan fingerprint density at radius 2 is 1.07 bits per heavy atom. The number of hydrogen-bond donors (Lipinski definition) is 0. The molecule has 0 saturated heterocycles. The highest BCUT2D eigenvalue weighted by Crippen LogP contribution is 2.08. The predicted molar refractivity (Wildman–Crippen MR) is 119 cm³/mol. The number of rotatable bonds is 18. The van der Waals surface area contributed by atoms with Crippen LogP contribution in [0.2, 0.25) is 0 Å². The number of ether oxygens (including phenoxy) is 1. The summed E-state index contributed by atoms with van der Waals surface area (Å²) in [6, 6.07) is 0. The van der Waals surface area contributed by atoms with Gasteiger partial charge in [-0.3, -0.25) is 4.79 Å². The summed E-state index contributed by atoms with van der Waals surface area (Å²) in [5.74, 6) is -0.122. The number of carbonyl (C=O) groups is 1. The molecule has 0 bridgehead atoms. The van der Waals surface area contributed by atoms with Gasteiger partial charge >= 0.3 is 5.97 Å². The van der Waals surface area contributed by atoms with E-state index in [1.807, 2.05) is 0 Å². The number of esters is 1. The molecule has 0 aromatic carbocycles. The average Bonchev–Trinajstić information content (AvgIpc) is 2.68. The molecule has 0 atom stereocenters. The van der Waals surface area contributed by atoms with Gasteiger partial charge < -0.3 is 4.74 Å². The van der Waals surface area contributed by atoms with Crippen LogP contribution in [0.3, 0.4) is 0 Å². The van der Waals surface area contributed by atoms with Crippen molar-refractivity contribution < 1.29 is 9.53 Å². The first-order chi connectivity index (χ1) is 13.3. The summed E-state index contributed by atoms with van der Waals surface area (Å²) in [6.07, 6.45) is 34.0. The van der Waals surface area contributed by atoms with Crippen molar-refractivity contribution in [2.45, 2.75) is 96.8 Å². The van der Waals surface area contributed by atoms with Crippen LogP contribution < -0.4 is 0 Å². The van der Waals surface area contributed by atoms with Crippen molar-refractivity contribution in [2.24, 2.45) is 0 Å². The highest BCUT2D eigenvalue weighted by molar-refractivity contribution is 5.69. The molecule has 0 spiro atoms. The van der Waals surface area contributed by atoms with Crippen LogP contribution in [0.5, 0.6) is 0 Å². The van der Waals surface area contributed by atoms with Gasteiger partial charge in [0.2, 0.25) is 0 Å². The van der Waals surface area contributed by atoms with E-state index in [4.69, 9.17) is 0 Å². The van der Waals surface area contributed by atoms with Crippen LogP contribution in [0.15, 0.2) is 48.6 Å². The molecule has 27 heavy (non-hydrogen) atoms. The smallest absolute Gasteiger partial charge is 0.305 e. The quantitative estimate of drug-likeness (QED) is 0.139. The van der Waals surface area contributed by atoms with Gasteiger partial charge in [-0.15, -0.1) is 0 Å². The molecule has 0 saturated carbocycles. The van der Waals surface area contributed by atoms with E-state index in [2.05, 4.69) is 60.3 Å². The minimum atomic E-state index is -0.122. The molecule has 0 radical (unpaired) electrons. The summed E-state index contributed by atoms with van der Waals surface area (Å²) < 4.78 is 4.61. The Hall–Kier alpha value is -1.57. The zero-order valence-corrected chi connectivity index (χ0v) is 17.8. The number of methoxy groups -OCH3 is 1. The zero-order chi connectivity index (χ0) is 19.8. The number of allylic oxidation sites excluding steroid dienone is 8. The molecule has 0 rings (SSSR count). The summed E-state index contributed by atoms with van der Waals surface area (Å²) in [4.78, 5) is 10.9. The Bertz CT molecular complexity index is 430. The predicted octanol–water partition coefficient (Wildman–Crippen LogP) is 7.87. The maximum atomic E-state index is 10.9. The Morgan fingerprint density at radius 1 is 0.630 bits per heavy atom. The molecule has 2 nitrogen and oxygen atoms in total. The highest BCUT2D eigenvalue weighted by atomic mass is 16.5. The Kier molecular flexibility index (Phi) is 21.2. The van der Waals surface area contributed by atoms with E-state index >= 15 is 0 Å². The second-order valence-corrected chi connectivity index (χ2v) is 6.97. The van der Waals surface area contributed by atoms with Crippen LogP contribution in [0.25, 0.3) is 0 Å². The lowest BCUT2D eigenvalue weighted by Gasteiger charge is -1.98. The van der Waals surface area contributed by atoms with Gasteiger partial charge in [0.15, 0.2) is 0 Å². The fourth-order valence-corrected chi connectivity index (χ4v) is 2.73. The van der Waals surface area contributed by atoms with E-state index < -0.39 is 0 Å². The van der Waals surface area contributed by atoms with Crippen LogP contribution in [0.1, 0.15) is 96.8 Å². The fourth-order valence-electron chi connectivity index (χ4n) is 2.73. The average molecular weight is 375 g/mol. The molecular formula is C25H42O2. The molecule has 0 aliphatic rings. The third-order valence-electron chi connectivity index (χ3n) is 4.44. The van der Waals surface area contributed by atoms with E-state index in [1.54, 1.807) is 0 Å². The fraction of sp³-hybridized carbons (Fsp3) is 0.640. The monoisotopic (exact) mass is 374 g/mol. The largest absolute Gasteiger partial charge is 0.469 e. The summed E-state index contributed by atoms with van der Waals surface area (Å²) in [5.41, 5.74) is 0. The van der Waals surface area contributed by atoms with Gasteiger partial charge in [-0.25, -0.2) is 0 Å². The molecule has 0 heterocycles. The second kappa shape index (κ2) is 22.5. The third kappa shape index (κ3) is 22.4. The molecule has 0 fully saturated rings. The highest BCUT2D eigenvalue weighted by Gasteiger charge is 1.96.